The number of aromatic nitrogens is 2. The van der Waals surface area contributed by atoms with Crippen LogP contribution in [0.25, 0.3) is 0 Å². The molecule has 0 saturated heterocycles. The van der Waals surface area contributed by atoms with Gasteiger partial charge in [-0.05, 0) is 31.4 Å². The number of rotatable bonds is 1. The Hall–Kier alpha value is -0.440. The second-order valence-corrected chi connectivity index (χ2v) is 4.21. The quantitative estimate of drug-likeness (QED) is 0.676. The first kappa shape index (κ1) is 8.17. The van der Waals surface area contributed by atoms with Crippen LogP contribution in [-0.4, -0.2) is 16.5 Å². The van der Waals surface area contributed by atoms with Gasteiger partial charge in [-0.15, -0.1) is 11.8 Å². The van der Waals surface area contributed by atoms with Crippen LogP contribution >= 0.6 is 11.8 Å². The molecule has 1 N–H and O–H groups in total. The van der Waals surface area contributed by atoms with E-state index in [1.807, 2.05) is 0 Å². The maximum atomic E-state index is 4.30. The first-order valence-electron chi connectivity index (χ1n) is 4.44. The lowest BCUT2D eigenvalue weighted by Gasteiger charge is -2.17. The normalized spacial score (nSPS) is 22.3. The molecule has 1 atom stereocenters. The maximum absolute atomic E-state index is 4.30. The summed E-state index contributed by atoms with van der Waals surface area (Å²) in [6.45, 7) is 2.28. The summed E-state index contributed by atoms with van der Waals surface area (Å²) in [4.78, 5) is 0. The molecule has 1 aromatic heterocycles. The van der Waals surface area contributed by atoms with E-state index in [0.29, 0.717) is 5.92 Å². The lowest BCUT2D eigenvalue weighted by Crippen LogP contribution is -2.05. The van der Waals surface area contributed by atoms with E-state index >= 15 is 0 Å². The molecule has 0 fully saturated rings. The van der Waals surface area contributed by atoms with Crippen molar-refractivity contribution >= 4 is 11.8 Å². The third-order valence-corrected chi connectivity index (χ3v) is 3.34. The fourth-order valence-corrected chi connectivity index (χ4v) is 2.50. The Morgan fingerprint density at radius 3 is 3.17 bits per heavy atom. The van der Waals surface area contributed by atoms with Crippen LogP contribution in [0.1, 0.15) is 36.9 Å². The van der Waals surface area contributed by atoms with Crippen molar-refractivity contribution in [1.29, 1.82) is 0 Å². The van der Waals surface area contributed by atoms with E-state index in [1.165, 1.54) is 35.5 Å². The van der Waals surface area contributed by atoms with Gasteiger partial charge in [0.15, 0.2) is 0 Å². The molecule has 66 valence electrons. The highest BCUT2D eigenvalue weighted by Crippen LogP contribution is 2.33. The molecule has 12 heavy (non-hydrogen) atoms. The minimum atomic E-state index is 0.683. The topological polar surface area (TPSA) is 28.7 Å². The zero-order valence-electron chi connectivity index (χ0n) is 7.55. The molecule has 1 heterocycles. The SMILES string of the molecule is CSc1n[nH]c2c1CCCC2C. The predicted octanol–water partition coefficient (Wildman–Crippen LogP) is 2.57. The van der Waals surface area contributed by atoms with Crippen molar-refractivity contribution in [2.75, 3.05) is 6.26 Å². The van der Waals surface area contributed by atoms with Gasteiger partial charge in [0.2, 0.25) is 0 Å². The average Bonchev–Trinajstić information content (AvgIpc) is 2.49. The van der Waals surface area contributed by atoms with Crippen molar-refractivity contribution in [2.24, 2.45) is 0 Å². The Morgan fingerprint density at radius 2 is 2.42 bits per heavy atom. The van der Waals surface area contributed by atoms with E-state index in [4.69, 9.17) is 0 Å². The molecule has 0 aliphatic heterocycles. The predicted molar refractivity (Wildman–Crippen MR) is 51.7 cm³/mol. The van der Waals surface area contributed by atoms with Gasteiger partial charge < -0.3 is 0 Å². The number of hydrogen-bond donors (Lipinski definition) is 1. The summed E-state index contributed by atoms with van der Waals surface area (Å²) >= 11 is 1.75. The number of fused-ring (bicyclic) bond motifs is 1. The van der Waals surface area contributed by atoms with Gasteiger partial charge in [-0.3, -0.25) is 5.10 Å². The Labute approximate surface area is 77.1 Å². The zero-order chi connectivity index (χ0) is 8.55. The Morgan fingerprint density at radius 1 is 1.58 bits per heavy atom. The van der Waals surface area contributed by atoms with Crippen LogP contribution in [0, 0.1) is 0 Å². The summed E-state index contributed by atoms with van der Waals surface area (Å²) < 4.78 is 0. The molecular weight excluding hydrogens is 168 g/mol. The number of H-pyrrole nitrogens is 1. The summed E-state index contributed by atoms with van der Waals surface area (Å²) in [6.07, 6.45) is 5.94. The largest absolute Gasteiger partial charge is 0.281 e. The molecule has 2 nitrogen and oxygen atoms in total. The van der Waals surface area contributed by atoms with Gasteiger partial charge in [-0.1, -0.05) is 6.92 Å². The number of thioether (sulfide) groups is 1. The maximum Gasteiger partial charge on any atom is 0.121 e. The van der Waals surface area contributed by atoms with Gasteiger partial charge >= 0.3 is 0 Å². The smallest absolute Gasteiger partial charge is 0.121 e. The number of hydrogen-bond acceptors (Lipinski definition) is 2. The molecular formula is C9H14N2S. The average molecular weight is 182 g/mol. The second kappa shape index (κ2) is 3.13. The van der Waals surface area contributed by atoms with Gasteiger partial charge in [-0.25, -0.2) is 0 Å². The Kier molecular flexibility index (Phi) is 2.13. The van der Waals surface area contributed by atoms with Crippen molar-refractivity contribution in [2.45, 2.75) is 37.1 Å². The van der Waals surface area contributed by atoms with E-state index < -0.39 is 0 Å². The van der Waals surface area contributed by atoms with Crippen LogP contribution in [0.15, 0.2) is 5.03 Å². The van der Waals surface area contributed by atoms with Crippen LogP contribution in [0.5, 0.6) is 0 Å². The van der Waals surface area contributed by atoms with E-state index in [9.17, 15) is 0 Å². The van der Waals surface area contributed by atoms with Gasteiger partial charge in [0.25, 0.3) is 0 Å². The fraction of sp³-hybridized carbons (Fsp3) is 0.667. The van der Waals surface area contributed by atoms with E-state index in [1.54, 1.807) is 11.8 Å². The molecule has 2 rings (SSSR count). The zero-order valence-corrected chi connectivity index (χ0v) is 8.37. The third kappa shape index (κ3) is 1.16. The third-order valence-electron chi connectivity index (χ3n) is 2.61. The summed E-state index contributed by atoms with van der Waals surface area (Å²) in [7, 11) is 0. The lowest BCUT2D eigenvalue weighted by atomic mass is 9.90. The van der Waals surface area contributed by atoms with Crippen LogP contribution in [0.3, 0.4) is 0 Å². The first-order chi connectivity index (χ1) is 5.83. The summed E-state index contributed by atoms with van der Waals surface area (Å²) in [5, 5.41) is 8.67. The Balaban J connectivity index is 2.41. The molecule has 3 heteroatoms. The molecule has 0 saturated carbocycles. The number of aromatic amines is 1. The van der Waals surface area contributed by atoms with Crippen molar-refractivity contribution in [1.82, 2.24) is 10.2 Å². The van der Waals surface area contributed by atoms with E-state index in [0.717, 1.165) is 0 Å². The monoisotopic (exact) mass is 182 g/mol. The van der Waals surface area contributed by atoms with Crippen LogP contribution < -0.4 is 0 Å². The van der Waals surface area contributed by atoms with Gasteiger partial charge in [0.1, 0.15) is 5.03 Å². The molecule has 1 aromatic rings. The summed E-state index contributed by atoms with van der Waals surface area (Å²) in [5.74, 6) is 0.683. The molecule has 0 aromatic carbocycles. The molecule has 1 unspecified atom stereocenters. The highest BCUT2D eigenvalue weighted by molar-refractivity contribution is 7.98. The van der Waals surface area contributed by atoms with Crippen LogP contribution in [0.2, 0.25) is 0 Å². The standard InChI is InChI=1S/C9H14N2S/c1-6-4-3-5-7-8(6)10-11-9(7)12-2/h6H,3-5H2,1-2H3,(H,10,11). The Bertz CT molecular complexity index is 280. The minimum Gasteiger partial charge on any atom is -0.281 e. The van der Waals surface area contributed by atoms with Crippen molar-refractivity contribution in [3.63, 3.8) is 0 Å². The van der Waals surface area contributed by atoms with E-state index in [-0.39, 0.29) is 0 Å². The molecule has 0 spiro atoms. The number of nitrogens with one attached hydrogen (secondary N) is 1. The van der Waals surface area contributed by atoms with Crippen molar-refractivity contribution in [3.8, 4) is 0 Å². The van der Waals surface area contributed by atoms with E-state index in [2.05, 4.69) is 23.4 Å². The van der Waals surface area contributed by atoms with Gasteiger partial charge in [-0.2, -0.15) is 5.10 Å². The minimum absolute atomic E-state index is 0.683. The van der Waals surface area contributed by atoms with Gasteiger partial charge in [0, 0.05) is 11.3 Å². The highest BCUT2D eigenvalue weighted by atomic mass is 32.2. The molecule has 0 amide bonds. The van der Waals surface area contributed by atoms with Crippen LogP contribution in [0.4, 0.5) is 0 Å². The lowest BCUT2D eigenvalue weighted by molar-refractivity contribution is 0.576. The van der Waals surface area contributed by atoms with Crippen molar-refractivity contribution < 1.29 is 0 Å². The van der Waals surface area contributed by atoms with Gasteiger partial charge in [0.05, 0.1) is 0 Å². The summed E-state index contributed by atoms with van der Waals surface area (Å²) in [6, 6.07) is 0. The second-order valence-electron chi connectivity index (χ2n) is 3.42. The molecule has 1 aliphatic rings. The fourth-order valence-electron chi connectivity index (χ4n) is 1.91. The molecule has 1 aliphatic carbocycles. The van der Waals surface area contributed by atoms with Crippen molar-refractivity contribution in [3.05, 3.63) is 11.3 Å². The van der Waals surface area contributed by atoms with Crippen LogP contribution in [-0.2, 0) is 6.42 Å². The summed E-state index contributed by atoms with van der Waals surface area (Å²) in [5.41, 5.74) is 2.85. The number of nitrogens with zero attached hydrogens (tertiary/aromatic N) is 1. The highest BCUT2D eigenvalue weighted by Gasteiger charge is 2.21. The first-order valence-corrected chi connectivity index (χ1v) is 5.66. The molecule has 0 bridgehead atoms. The molecule has 0 radical (unpaired) electrons.